The van der Waals surface area contributed by atoms with Crippen LogP contribution in [-0.2, 0) is 23.2 Å². The highest BCUT2D eigenvalue weighted by molar-refractivity contribution is 7.90. The van der Waals surface area contributed by atoms with E-state index in [-0.39, 0.29) is 48.7 Å². The fourth-order valence-corrected chi connectivity index (χ4v) is 5.29. The van der Waals surface area contributed by atoms with E-state index < -0.39 is 33.1 Å². The Bertz CT molecular complexity index is 1640. The fourth-order valence-electron chi connectivity index (χ4n) is 3.43. The van der Waals surface area contributed by atoms with E-state index in [1.165, 1.54) is 26.0 Å². The van der Waals surface area contributed by atoms with Crippen LogP contribution in [0.2, 0.25) is 5.15 Å². The van der Waals surface area contributed by atoms with E-state index in [2.05, 4.69) is 10.3 Å². The highest BCUT2D eigenvalue weighted by Crippen LogP contribution is 2.30. The molecule has 4 rings (SSSR count). The van der Waals surface area contributed by atoms with E-state index in [4.69, 9.17) is 16.1 Å². The molecule has 0 aliphatic heterocycles. The SMILES string of the molecule is Cc1noc(C)c1S(=O)(=O)n1nc(Cl)c2ccc(-n3c(=O)cc(C(F)(F)F)n(C)c3=O)cc21. The van der Waals surface area contributed by atoms with Gasteiger partial charge in [0.15, 0.2) is 15.8 Å². The summed E-state index contributed by atoms with van der Waals surface area (Å²) in [6, 6.07) is 3.91. The molecule has 0 fully saturated rings. The Balaban J connectivity index is 2.01. The minimum Gasteiger partial charge on any atom is -0.360 e. The predicted octanol–water partition coefficient (Wildman–Crippen LogP) is 2.40. The van der Waals surface area contributed by atoms with Crippen molar-refractivity contribution in [2.24, 2.45) is 7.05 Å². The molecule has 0 spiro atoms. The molecular weight excluding hydrogens is 491 g/mol. The average molecular weight is 504 g/mol. The summed E-state index contributed by atoms with van der Waals surface area (Å²) in [5.41, 5.74) is -4.20. The third kappa shape index (κ3) is 3.45. The van der Waals surface area contributed by atoms with Crippen LogP contribution in [0.15, 0.2) is 43.3 Å². The van der Waals surface area contributed by atoms with Crippen LogP contribution in [0.5, 0.6) is 0 Å². The van der Waals surface area contributed by atoms with Gasteiger partial charge in [-0.1, -0.05) is 16.8 Å². The molecule has 0 atom stereocenters. The Morgan fingerprint density at radius 2 is 1.79 bits per heavy atom. The van der Waals surface area contributed by atoms with Crippen LogP contribution in [0.3, 0.4) is 0 Å². The predicted molar refractivity (Wildman–Crippen MR) is 109 cm³/mol. The molecule has 0 bridgehead atoms. The molecule has 174 valence electrons. The van der Waals surface area contributed by atoms with Gasteiger partial charge in [0.2, 0.25) is 0 Å². The minimum absolute atomic E-state index is 0.00347. The smallest absolute Gasteiger partial charge is 0.360 e. The van der Waals surface area contributed by atoms with E-state index in [0.29, 0.717) is 8.65 Å². The maximum absolute atomic E-state index is 13.2. The largest absolute Gasteiger partial charge is 0.431 e. The summed E-state index contributed by atoms with van der Waals surface area (Å²) >= 11 is 6.09. The standard InChI is InChI=1S/C18H13ClF3N5O5S/c1-8-15(9(2)32-24-8)33(30,31)27-12-6-10(4-5-11(12)16(19)23-27)26-14(28)7-13(18(20,21)22)25(3)17(26)29/h4-7H,1-3H3. The average Bonchev–Trinajstić information content (AvgIpc) is 3.23. The van der Waals surface area contributed by atoms with E-state index >= 15 is 0 Å². The highest BCUT2D eigenvalue weighted by Gasteiger charge is 2.35. The quantitative estimate of drug-likeness (QED) is 0.420. The van der Waals surface area contributed by atoms with Crippen molar-refractivity contribution in [3.05, 3.63) is 67.4 Å². The molecule has 33 heavy (non-hydrogen) atoms. The first kappa shape index (κ1) is 22.8. The lowest BCUT2D eigenvalue weighted by Gasteiger charge is -2.14. The van der Waals surface area contributed by atoms with Crippen molar-refractivity contribution in [2.75, 3.05) is 0 Å². The molecule has 0 amide bonds. The maximum Gasteiger partial charge on any atom is 0.431 e. The van der Waals surface area contributed by atoms with Crippen LogP contribution in [0, 0.1) is 13.8 Å². The van der Waals surface area contributed by atoms with Crippen LogP contribution in [0.1, 0.15) is 17.1 Å². The van der Waals surface area contributed by atoms with Crippen LogP contribution in [0.25, 0.3) is 16.6 Å². The topological polar surface area (TPSA) is 122 Å². The Morgan fingerprint density at radius 1 is 1.12 bits per heavy atom. The Morgan fingerprint density at radius 3 is 2.36 bits per heavy atom. The number of alkyl halides is 3. The van der Waals surface area contributed by atoms with Crippen molar-refractivity contribution in [3.8, 4) is 5.69 Å². The molecule has 0 N–H and O–H groups in total. The van der Waals surface area contributed by atoms with Crippen molar-refractivity contribution in [2.45, 2.75) is 24.9 Å². The molecular formula is C18H13ClF3N5O5S. The third-order valence-corrected chi connectivity index (χ3v) is 7.02. The van der Waals surface area contributed by atoms with Gasteiger partial charge >= 0.3 is 11.9 Å². The summed E-state index contributed by atoms with van der Waals surface area (Å²) in [6.07, 6.45) is -4.93. The molecule has 0 aliphatic carbocycles. The monoisotopic (exact) mass is 503 g/mol. The van der Waals surface area contributed by atoms with Crippen molar-refractivity contribution in [1.82, 2.24) is 23.5 Å². The molecule has 4 aromatic rings. The molecule has 0 saturated heterocycles. The highest BCUT2D eigenvalue weighted by atomic mass is 35.5. The molecule has 1 aromatic carbocycles. The van der Waals surface area contributed by atoms with Crippen LogP contribution in [-0.4, -0.2) is 31.9 Å². The molecule has 0 aliphatic rings. The van der Waals surface area contributed by atoms with E-state index in [9.17, 15) is 31.2 Å². The Labute approximate surface area is 187 Å². The number of aromatic nitrogens is 5. The summed E-state index contributed by atoms with van der Waals surface area (Å²) in [6.45, 7) is 2.80. The molecule has 3 aromatic heterocycles. The first-order chi connectivity index (χ1) is 15.2. The van der Waals surface area contributed by atoms with Gasteiger partial charge in [-0.2, -0.15) is 25.7 Å². The molecule has 0 unspecified atom stereocenters. The van der Waals surface area contributed by atoms with Crippen molar-refractivity contribution in [3.63, 3.8) is 0 Å². The molecule has 0 saturated carbocycles. The van der Waals surface area contributed by atoms with Gasteiger partial charge in [-0.05, 0) is 32.0 Å². The number of halogens is 4. The van der Waals surface area contributed by atoms with Gasteiger partial charge in [-0.3, -0.25) is 9.36 Å². The van der Waals surface area contributed by atoms with E-state index in [1.54, 1.807) is 0 Å². The van der Waals surface area contributed by atoms with Gasteiger partial charge < -0.3 is 4.52 Å². The number of nitrogens with zero attached hydrogens (tertiary/aromatic N) is 5. The number of fused-ring (bicyclic) bond motifs is 1. The first-order valence-corrected chi connectivity index (χ1v) is 10.8. The van der Waals surface area contributed by atoms with Gasteiger partial charge in [0.1, 0.15) is 11.4 Å². The van der Waals surface area contributed by atoms with Gasteiger partial charge in [0.25, 0.3) is 15.6 Å². The Kier molecular flexibility index (Phi) is 5.05. The second-order valence-corrected chi connectivity index (χ2v) is 9.10. The maximum atomic E-state index is 13.2. The summed E-state index contributed by atoms with van der Waals surface area (Å²) in [7, 11) is -3.51. The van der Waals surface area contributed by atoms with Crippen molar-refractivity contribution < 1.29 is 26.1 Å². The van der Waals surface area contributed by atoms with E-state index in [1.807, 2.05) is 0 Å². The van der Waals surface area contributed by atoms with Crippen molar-refractivity contribution >= 4 is 32.5 Å². The summed E-state index contributed by atoms with van der Waals surface area (Å²) < 4.78 is 72.1. The molecule has 0 radical (unpaired) electrons. The zero-order valence-electron chi connectivity index (χ0n) is 17.0. The van der Waals surface area contributed by atoms with Gasteiger partial charge in [0.05, 0.1) is 11.2 Å². The fraction of sp³-hybridized carbons (Fsp3) is 0.222. The lowest BCUT2D eigenvalue weighted by atomic mass is 10.2. The number of aryl methyl sites for hydroxylation is 2. The van der Waals surface area contributed by atoms with Gasteiger partial charge in [-0.15, -0.1) is 5.10 Å². The zero-order chi connectivity index (χ0) is 24.5. The van der Waals surface area contributed by atoms with Gasteiger partial charge in [0, 0.05) is 18.5 Å². The lowest BCUT2D eigenvalue weighted by Crippen LogP contribution is -2.40. The van der Waals surface area contributed by atoms with Gasteiger partial charge in [-0.25, -0.2) is 9.36 Å². The second kappa shape index (κ2) is 7.31. The van der Waals surface area contributed by atoms with Crippen LogP contribution >= 0.6 is 11.6 Å². The minimum atomic E-state index is -4.93. The van der Waals surface area contributed by atoms with Crippen LogP contribution < -0.4 is 11.2 Å². The molecule has 15 heteroatoms. The Hall–Kier alpha value is -3.39. The number of benzene rings is 1. The molecule has 3 heterocycles. The summed E-state index contributed by atoms with van der Waals surface area (Å²) in [5, 5.41) is 7.42. The number of rotatable bonds is 3. The number of hydrogen-bond donors (Lipinski definition) is 0. The summed E-state index contributed by atoms with van der Waals surface area (Å²) in [4.78, 5) is 24.8. The zero-order valence-corrected chi connectivity index (χ0v) is 18.6. The second-order valence-electron chi connectivity index (χ2n) is 7.04. The third-order valence-electron chi connectivity index (χ3n) is 4.91. The van der Waals surface area contributed by atoms with E-state index in [0.717, 1.165) is 13.1 Å². The van der Waals surface area contributed by atoms with Crippen LogP contribution in [0.4, 0.5) is 13.2 Å². The van der Waals surface area contributed by atoms with Crippen molar-refractivity contribution in [1.29, 1.82) is 0 Å². The number of hydrogen-bond acceptors (Lipinski definition) is 7. The normalized spacial score (nSPS) is 12.6. The summed E-state index contributed by atoms with van der Waals surface area (Å²) in [5.74, 6) is -0.00347. The first-order valence-electron chi connectivity index (χ1n) is 9.02. The lowest BCUT2D eigenvalue weighted by molar-refractivity contribution is -0.144. The molecule has 10 nitrogen and oxygen atoms in total.